The monoisotopic (exact) mass is 538 g/mol. The lowest BCUT2D eigenvalue weighted by Gasteiger charge is -2.28. The predicted octanol–water partition coefficient (Wildman–Crippen LogP) is 10.1. The lowest BCUT2D eigenvalue weighted by molar-refractivity contribution is -0.138. The molecule has 0 heterocycles. The van der Waals surface area contributed by atoms with Crippen LogP contribution in [0.4, 0.5) is 24.5 Å². The number of rotatable bonds is 14. The lowest BCUT2D eigenvalue weighted by atomic mass is 9.81. The minimum absolute atomic E-state index is 0.289. The van der Waals surface area contributed by atoms with Crippen molar-refractivity contribution in [3.05, 3.63) is 94.0 Å². The van der Waals surface area contributed by atoms with Gasteiger partial charge in [0.2, 0.25) is 0 Å². The lowest BCUT2D eigenvalue weighted by Crippen LogP contribution is -2.26. The van der Waals surface area contributed by atoms with Crippen LogP contribution in [0.1, 0.15) is 98.6 Å². The highest BCUT2D eigenvalue weighted by Crippen LogP contribution is 2.42. The van der Waals surface area contributed by atoms with E-state index in [9.17, 15) is 13.2 Å². The molecule has 0 aliphatic heterocycles. The first-order chi connectivity index (χ1) is 18.7. The largest absolute Gasteiger partial charge is 0.416 e. The molecule has 0 amide bonds. The van der Waals surface area contributed by atoms with Crippen LogP contribution < -0.4 is 10.2 Å². The molecule has 0 aliphatic carbocycles. The van der Waals surface area contributed by atoms with Crippen LogP contribution in [0, 0.1) is 13.8 Å². The first kappa shape index (κ1) is 30.6. The quantitative estimate of drug-likeness (QED) is 0.162. The Morgan fingerprint density at radius 2 is 1.33 bits per heavy atom. The summed E-state index contributed by atoms with van der Waals surface area (Å²) in [5.41, 5.74) is 5.81. The molecule has 0 fully saturated rings. The topological polar surface area (TPSA) is 15.3 Å². The average Bonchev–Trinajstić information content (AvgIpc) is 2.90. The van der Waals surface area contributed by atoms with Gasteiger partial charge in [0.25, 0.3) is 0 Å². The fraction of sp³-hybridized carbons (Fsp3) is 0.471. The van der Waals surface area contributed by atoms with Crippen LogP contribution in [-0.2, 0) is 6.18 Å². The van der Waals surface area contributed by atoms with E-state index in [2.05, 4.69) is 50.0 Å². The van der Waals surface area contributed by atoms with Crippen molar-refractivity contribution in [1.82, 2.24) is 0 Å². The number of nitrogens with one attached hydrogen (secondary N) is 1. The average molecular weight is 539 g/mol. The summed E-state index contributed by atoms with van der Waals surface area (Å²) in [6, 6.07) is 18.3. The number of hydrogen-bond donors (Lipinski definition) is 1. The Hall–Kier alpha value is -2.95. The number of hydrogen-bond acceptors (Lipinski definition) is 2. The van der Waals surface area contributed by atoms with E-state index < -0.39 is 17.7 Å². The summed E-state index contributed by atoms with van der Waals surface area (Å²) in [7, 11) is 0. The number of anilines is 2. The highest BCUT2D eigenvalue weighted by atomic mass is 19.4. The predicted molar refractivity (Wildman–Crippen MR) is 160 cm³/mol. The Bertz CT molecular complexity index is 1180. The van der Waals surface area contributed by atoms with Gasteiger partial charge < -0.3 is 10.2 Å². The smallest absolute Gasteiger partial charge is 0.385 e. The molecule has 3 aromatic rings. The van der Waals surface area contributed by atoms with Crippen molar-refractivity contribution in [3.63, 3.8) is 0 Å². The summed E-state index contributed by atoms with van der Waals surface area (Å²) in [5, 5.41) is 3.47. The van der Waals surface area contributed by atoms with Crippen molar-refractivity contribution < 1.29 is 13.2 Å². The SMILES string of the molecule is CCCCNc1ccc(C(c2ccc(N(CCCC)CCCC)c(C)c2)c2ccccc2C(F)(F)F)cc1C. The first-order valence-corrected chi connectivity index (χ1v) is 14.6. The summed E-state index contributed by atoms with van der Waals surface area (Å²) >= 11 is 0. The summed E-state index contributed by atoms with van der Waals surface area (Å²) in [6.45, 7) is 13.5. The normalized spacial score (nSPS) is 12.4. The fourth-order valence-electron chi connectivity index (χ4n) is 5.29. The van der Waals surface area contributed by atoms with Crippen molar-refractivity contribution in [2.24, 2.45) is 0 Å². The molecule has 0 radical (unpaired) electrons. The highest BCUT2D eigenvalue weighted by molar-refractivity contribution is 5.59. The molecule has 0 saturated heterocycles. The van der Waals surface area contributed by atoms with E-state index in [1.807, 2.05) is 31.2 Å². The van der Waals surface area contributed by atoms with Crippen molar-refractivity contribution >= 4 is 11.4 Å². The Balaban J connectivity index is 2.11. The Morgan fingerprint density at radius 3 is 1.90 bits per heavy atom. The maximum Gasteiger partial charge on any atom is 0.416 e. The molecule has 1 N–H and O–H groups in total. The molecule has 0 bridgehead atoms. The minimum atomic E-state index is -4.43. The highest BCUT2D eigenvalue weighted by Gasteiger charge is 2.36. The van der Waals surface area contributed by atoms with Crippen molar-refractivity contribution in [1.29, 1.82) is 0 Å². The molecule has 212 valence electrons. The van der Waals surface area contributed by atoms with E-state index in [1.165, 1.54) is 17.8 Å². The van der Waals surface area contributed by atoms with Crippen LogP contribution in [0.2, 0.25) is 0 Å². The third kappa shape index (κ3) is 8.03. The van der Waals surface area contributed by atoms with Crippen LogP contribution in [0.3, 0.4) is 0 Å². The molecule has 5 heteroatoms. The molecule has 3 rings (SSSR count). The molecule has 0 saturated carbocycles. The first-order valence-electron chi connectivity index (χ1n) is 14.6. The van der Waals surface area contributed by atoms with Crippen LogP contribution >= 0.6 is 0 Å². The number of nitrogens with zero attached hydrogens (tertiary/aromatic N) is 1. The zero-order chi connectivity index (χ0) is 28.4. The fourth-order valence-corrected chi connectivity index (χ4v) is 5.29. The number of alkyl halides is 3. The molecule has 1 unspecified atom stereocenters. The van der Waals surface area contributed by atoms with Gasteiger partial charge in [0, 0.05) is 36.9 Å². The van der Waals surface area contributed by atoms with Crippen molar-refractivity contribution in [3.8, 4) is 0 Å². The molecular weight excluding hydrogens is 493 g/mol. The minimum Gasteiger partial charge on any atom is -0.385 e. The van der Waals surface area contributed by atoms with Gasteiger partial charge >= 0.3 is 6.18 Å². The third-order valence-electron chi connectivity index (χ3n) is 7.46. The molecule has 39 heavy (non-hydrogen) atoms. The van der Waals surface area contributed by atoms with Gasteiger partial charge in [-0.15, -0.1) is 0 Å². The second-order valence-corrected chi connectivity index (χ2v) is 10.6. The van der Waals surface area contributed by atoms with E-state index >= 15 is 0 Å². The van der Waals surface area contributed by atoms with Crippen LogP contribution in [0.15, 0.2) is 60.7 Å². The van der Waals surface area contributed by atoms with E-state index in [0.717, 1.165) is 86.1 Å². The maximum absolute atomic E-state index is 14.2. The van der Waals surface area contributed by atoms with Gasteiger partial charge in [-0.25, -0.2) is 0 Å². The van der Waals surface area contributed by atoms with Gasteiger partial charge in [0.05, 0.1) is 5.56 Å². The van der Waals surface area contributed by atoms with E-state index in [-0.39, 0.29) is 5.56 Å². The number of unbranched alkanes of at least 4 members (excludes halogenated alkanes) is 3. The van der Waals surface area contributed by atoms with E-state index in [4.69, 9.17) is 0 Å². The molecule has 3 aromatic carbocycles. The Morgan fingerprint density at radius 1 is 0.744 bits per heavy atom. The summed E-state index contributed by atoms with van der Waals surface area (Å²) < 4.78 is 42.7. The number of aryl methyl sites for hydroxylation is 2. The zero-order valence-corrected chi connectivity index (χ0v) is 24.3. The Kier molecular flexibility index (Phi) is 11.3. The molecule has 1 atom stereocenters. The van der Waals surface area contributed by atoms with Gasteiger partial charge in [-0.2, -0.15) is 13.2 Å². The third-order valence-corrected chi connectivity index (χ3v) is 7.46. The second-order valence-electron chi connectivity index (χ2n) is 10.6. The van der Waals surface area contributed by atoms with Gasteiger partial charge in [0.1, 0.15) is 0 Å². The van der Waals surface area contributed by atoms with Gasteiger partial charge in [0.15, 0.2) is 0 Å². The van der Waals surface area contributed by atoms with Gasteiger partial charge in [-0.05, 0) is 79.1 Å². The summed E-state index contributed by atoms with van der Waals surface area (Å²) in [5.74, 6) is -0.529. The summed E-state index contributed by atoms with van der Waals surface area (Å²) in [4.78, 5) is 2.44. The molecular formula is C34H45F3N2. The molecule has 0 spiro atoms. The standard InChI is InChI=1S/C34H45F3N2/c1-6-9-20-38-31-18-16-27(23-25(31)4)33(29-14-12-13-15-30(29)34(35,36)37)28-17-19-32(26(5)24-28)39(21-10-7-2)22-11-8-3/h12-19,23-24,33,38H,6-11,20-22H2,1-5H3. The molecule has 0 aliphatic rings. The van der Waals surface area contributed by atoms with Crippen molar-refractivity contribution in [2.45, 2.75) is 85.2 Å². The van der Waals surface area contributed by atoms with E-state index in [1.54, 1.807) is 12.1 Å². The zero-order valence-electron chi connectivity index (χ0n) is 24.3. The van der Waals surface area contributed by atoms with Gasteiger partial charge in [-0.3, -0.25) is 0 Å². The van der Waals surface area contributed by atoms with Crippen LogP contribution in [0.25, 0.3) is 0 Å². The van der Waals surface area contributed by atoms with Gasteiger partial charge in [-0.1, -0.05) is 82.5 Å². The Labute approximate surface area is 233 Å². The van der Waals surface area contributed by atoms with Crippen molar-refractivity contribution in [2.75, 3.05) is 29.9 Å². The summed E-state index contributed by atoms with van der Waals surface area (Å²) in [6.07, 6.45) is 2.22. The number of benzene rings is 3. The molecule has 2 nitrogen and oxygen atoms in total. The van der Waals surface area contributed by atoms with Crippen LogP contribution in [-0.4, -0.2) is 19.6 Å². The number of halogens is 3. The maximum atomic E-state index is 14.2. The van der Waals surface area contributed by atoms with E-state index in [0.29, 0.717) is 0 Å². The molecule has 0 aromatic heterocycles. The van der Waals surface area contributed by atoms with Crippen LogP contribution in [0.5, 0.6) is 0 Å². The second kappa shape index (κ2) is 14.4.